The molecule has 0 heterocycles. The third-order valence-electron chi connectivity index (χ3n) is 5.63. The van der Waals surface area contributed by atoms with Crippen LogP contribution in [0.1, 0.15) is 66.4 Å². The van der Waals surface area contributed by atoms with Gasteiger partial charge in [-0.15, -0.1) is 0 Å². The molecule has 1 saturated carbocycles. The van der Waals surface area contributed by atoms with E-state index in [4.69, 9.17) is 21.6 Å². The highest BCUT2D eigenvalue weighted by molar-refractivity contribution is 6.31. The number of amides is 1. The van der Waals surface area contributed by atoms with Gasteiger partial charge >= 0.3 is 0 Å². The van der Waals surface area contributed by atoms with Crippen LogP contribution >= 0.6 is 11.6 Å². The molecule has 0 bridgehead atoms. The molecule has 3 rings (SSSR count). The third kappa shape index (κ3) is 6.83. The normalized spacial score (nSPS) is 18.1. The number of aryl methyl sites for hydroxylation is 1. The van der Waals surface area contributed by atoms with Crippen LogP contribution in [0, 0.1) is 11.3 Å². The number of nitriles is 1. The van der Waals surface area contributed by atoms with Gasteiger partial charge in [0.05, 0.1) is 16.7 Å². The summed E-state index contributed by atoms with van der Waals surface area (Å²) in [6.07, 6.45) is 7.85. The van der Waals surface area contributed by atoms with Crippen molar-refractivity contribution in [3.63, 3.8) is 0 Å². The number of hydrogen-bond acceptors (Lipinski definition) is 4. The molecule has 2 aromatic rings. The van der Waals surface area contributed by atoms with Gasteiger partial charge in [0.1, 0.15) is 18.1 Å². The van der Waals surface area contributed by atoms with Gasteiger partial charge in [-0.2, -0.15) is 5.26 Å². The van der Waals surface area contributed by atoms with Crippen LogP contribution in [0.4, 0.5) is 0 Å². The summed E-state index contributed by atoms with van der Waals surface area (Å²) >= 11 is 6.07. The van der Waals surface area contributed by atoms with Gasteiger partial charge in [0.15, 0.2) is 0 Å². The Bertz CT molecular complexity index is 929. The van der Waals surface area contributed by atoms with E-state index < -0.39 is 0 Å². The minimum absolute atomic E-state index is 0.0456. The highest BCUT2D eigenvalue weighted by atomic mass is 35.5. The van der Waals surface area contributed by atoms with Crippen molar-refractivity contribution >= 4 is 23.8 Å². The van der Waals surface area contributed by atoms with Crippen molar-refractivity contribution in [3.8, 4) is 11.8 Å². The minimum atomic E-state index is -0.0456. The highest BCUT2D eigenvalue weighted by Crippen LogP contribution is 2.27. The van der Waals surface area contributed by atoms with E-state index in [0.717, 1.165) is 51.2 Å². The quantitative estimate of drug-likeness (QED) is 0.428. The molecule has 0 aromatic heterocycles. The molecule has 162 valence electrons. The van der Waals surface area contributed by atoms with Crippen molar-refractivity contribution < 1.29 is 14.3 Å². The van der Waals surface area contributed by atoms with Gasteiger partial charge in [0, 0.05) is 24.1 Å². The summed E-state index contributed by atoms with van der Waals surface area (Å²) in [6.45, 7) is 0. The maximum absolute atomic E-state index is 12.6. The van der Waals surface area contributed by atoms with Gasteiger partial charge in [-0.05, 0) is 74.8 Å². The largest absolute Gasteiger partial charge is 0.490 e. The Morgan fingerprint density at radius 1 is 1.13 bits per heavy atom. The van der Waals surface area contributed by atoms with Gasteiger partial charge in [0.25, 0.3) is 5.91 Å². The number of nitrogens with zero attached hydrogens (tertiary/aromatic N) is 1. The smallest absolute Gasteiger partial charge is 0.251 e. The molecule has 6 heteroatoms. The highest BCUT2D eigenvalue weighted by Gasteiger charge is 2.24. The molecule has 0 unspecified atom stereocenters. The molecule has 0 spiro atoms. The van der Waals surface area contributed by atoms with Crippen LogP contribution in [0.15, 0.2) is 42.5 Å². The average Bonchev–Trinajstić information content (AvgIpc) is 2.78. The van der Waals surface area contributed by atoms with Crippen LogP contribution < -0.4 is 10.1 Å². The van der Waals surface area contributed by atoms with Gasteiger partial charge in [0.2, 0.25) is 0 Å². The topological polar surface area (TPSA) is 79.2 Å². The zero-order valence-corrected chi connectivity index (χ0v) is 18.2. The molecule has 0 saturated heterocycles. The fourth-order valence-electron chi connectivity index (χ4n) is 3.83. The number of benzene rings is 2. The molecule has 0 atom stereocenters. The predicted molar refractivity (Wildman–Crippen MR) is 120 cm³/mol. The third-order valence-corrected chi connectivity index (χ3v) is 5.94. The van der Waals surface area contributed by atoms with Crippen molar-refractivity contribution in [3.05, 3.63) is 64.2 Å². The lowest BCUT2D eigenvalue weighted by molar-refractivity contribution is -0.107. The standard InChI is InChI=1S/C25H27ClN2O3/c26-24-16-23(12-9-20(24)17-27)31-22-13-10-21(11-14-22)28-25(30)19-7-5-18(6-8-19)4-2-1-3-15-29/h5-9,12,15-16,21-22H,1-4,10-11,13-14H2,(H,28,30). The summed E-state index contributed by atoms with van der Waals surface area (Å²) in [5.41, 5.74) is 2.29. The molecule has 2 aromatic carbocycles. The van der Waals surface area contributed by atoms with Crippen LogP contribution in [0.3, 0.4) is 0 Å². The maximum atomic E-state index is 12.6. The first-order chi connectivity index (χ1) is 15.1. The fourth-order valence-corrected chi connectivity index (χ4v) is 4.04. The zero-order valence-electron chi connectivity index (χ0n) is 17.5. The number of carbonyl (C=O) groups is 2. The Labute approximate surface area is 188 Å². The van der Waals surface area contributed by atoms with E-state index in [-0.39, 0.29) is 18.1 Å². The second kappa shape index (κ2) is 11.5. The van der Waals surface area contributed by atoms with Gasteiger partial charge in [-0.3, -0.25) is 4.79 Å². The van der Waals surface area contributed by atoms with E-state index in [2.05, 4.69) is 5.32 Å². The van der Waals surface area contributed by atoms with Crippen molar-refractivity contribution in [2.24, 2.45) is 0 Å². The lowest BCUT2D eigenvalue weighted by atomic mass is 9.92. The van der Waals surface area contributed by atoms with Crippen LogP contribution in [-0.2, 0) is 11.2 Å². The lowest BCUT2D eigenvalue weighted by Crippen LogP contribution is -2.39. The first kappa shape index (κ1) is 22.8. The summed E-state index contributed by atoms with van der Waals surface area (Å²) in [5, 5.41) is 12.5. The van der Waals surface area contributed by atoms with Crippen LogP contribution in [0.25, 0.3) is 0 Å². The number of unbranched alkanes of at least 4 members (excludes halogenated alkanes) is 2. The van der Waals surface area contributed by atoms with E-state index in [9.17, 15) is 9.59 Å². The second-order valence-corrected chi connectivity index (χ2v) is 8.33. The Morgan fingerprint density at radius 3 is 2.52 bits per heavy atom. The maximum Gasteiger partial charge on any atom is 0.251 e. The van der Waals surface area contributed by atoms with Crippen molar-refractivity contribution in [2.45, 2.75) is 63.5 Å². The van der Waals surface area contributed by atoms with Crippen LogP contribution in [-0.4, -0.2) is 24.3 Å². The molecule has 0 radical (unpaired) electrons. The van der Waals surface area contributed by atoms with Crippen molar-refractivity contribution in [1.82, 2.24) is 5.32 Å². The Kier molecular flexibility index (Phi) is 8.49. The molecule has 1 N–H and O–H groups in total. The SMILES string of the molecule is N#Cc1ccc(OC2CCC(NC(=O)c3ccc(CCCCC=O)cc3)CC2)cc1Cl. The van der Waals surface area contributed by atoms with Gasteiger partial charge in [-0.25, -0.2) is 0 Å². The number of halogens is 1. The average molecular weight is 439 g/mol. The van der Waals surface area contributed by atoms with Crippen LogP contribution in [0.5, 0.6) is 5.75 Å². The van der Waals surface area contributed by atoms with Crippen molar-refractivity contribution in [1.29, 1.82) is 5.26 Å². The molecule has 0 aliphatic heterocycles. The van der Waals surface area contributed by atoms with E-state index in [1.54, 1.807) is 18.2 Å². The minimum Gasteiger partial charge on any atom is -0.490 e. The number of aldehydes is 1. The van der Waals surface area contributed by atoms with E-state index in [0.29, 0.717) is 28.3 Å². The molecular formula is C25H27ClN2O3. The number of hydrogen-bond donors (Lipinski definition) is 1. The summed E-state index contributed by atoms with van der Waals surface area (Å²) in [7, 11) is 0. The number of carbonyl (C=O) groups excluding carboxylic acids is 2. The predicted octanol–water partition coefficient (Wildman–Crippen LogP) is 5.24. The molecule has 1 aliphatic rings. The van der Waals surface area contributed by atoms with Crippen LogP contribution in [0.2, 0.25) is 5.02 Å². The Hall–Kier alpha value is -2.84. The first-order valence-electron chi connectivity index (χ1n) is 10.8. The molecular weight excluding hydrogens is 412 g/mol. The Balaban J connectivity index is 1.43. The molecule has 5 nitrogen and oxygen atoms in total. The zero-order chi connectivity index (χ0) is 22.1. The number of rotatable bonds is 9. The lowest BCUT2D eigenvalue weighted by Gasteiger charge is -2.29. The van der Waals surface area contributed by atoms with E-state index in [1.165, 1.54) is 5.56 Å². The monoisotopic (exact) mass is 438 g/mol. The molecule has 31 heavy (non-hydrogen) atoms. The van der Waals surface area contributed by atoms with Crippen molar-refractivity contribution in [2.75, 3.05) is 0 Å². The van der Waals surface area contributed by atoms with Gasteiger partial charge < -0.3 is 14.8 Å². The van der Waals surface area contributed by atoms with Gasteiger partial charge in [-0.1, -0.05) is 23.7 Å². The van der Waals surface area contributed by atoms with E-state index in [1.807, 2.05) is 30.3 Å². The number of ether oxygens (including phenoxy) is 1. The molecule has 1 fully saturated rings. The fraction of sp³-hybridized carbons (Fsp3) is 0.400. The second-order valence-electron chi connectivity index (χ2n) is 7.93. The Morgan fingerprint density at radius 2 is 1.87 bits per heavy atom. The summed E-state index contributed by atoms with van der Waals surface area (Å²) < 4.78 is 6.01. The summed E-state index contributed by atoms with van der Waals surface area (Å²) in [6, 6.07) is 15.0. The summed E-state index contributed by atoms with van der Waals surface area (Å²) in [4.78, 5) is 22.9. The van der Waals surface area contributed by atoms with E-state index >= 15 is 0 Å². The molecule has 1 amide bonds. The first-order valence-corrected chi connectivity index (χ1v) is 11.2. The number of nitrogens with one attached hydrogen (secondary N) is 1. The summed E-state index contributed by atoms with van der Waals surface area (Å²) in [5.74, 6) is 0.624. The molecule has 1 aliphatic carbocycles.